The lowest BCUT2D eigenvalue weighted by molar-refractivity contribution is -0.137. The van der Waals surface area contributed by atoms with Crippen LogP contribution in [0.15, 0.2) is 72.4 Å². The molecule has 308 valence electrons. The van der Waals surface area contributed by atoms with Crippen molar-refractivity contribution in [3.63, 3.8) is 0 Å². The van der Waals surface area contributed by atoms with E-state index in [1.807, 2.05) is 17.0 Å². The van der Waals surface area contributed by atoms with Gasteiger partial charge in [0.1, 0.15) is 29.8 Å². The van der Waals surface area contributed by atoms with E-state index in [4.69, 9.17) is 16.3 Å². The summed E-state index contributed by atoms with van der Waals surface area (Å²) in [7, 11) is 0. The minimum Gasteiger partial charge on any atom is -0.491 e. The van der Waals surface area contributed by atoms with E-state index in [9.17, 15) is 28.4 Å². The van der Waals surface area contributed by atoms with Crippen LogP contribution in [0.5, 0.6) is 5.75 Å². The molecule has 0 aliphatic carbocycles. The summed E-state index contributed by atoms with van der Waals surface area (Å²) in [6.07, 6.45) is 5.91. The molecule has 7 rings (SSSR count). The van der Waals surface area contributed by atoms with Crippen LogP contribution in [-0.4, -0.2) is 105 Å². The molecule has 0 bridgehead atoms. The van der Waals surface area contributed by atoms with Crippen molar-refractivity contribution >= 4 is 81.0 Å². The molecular formula is C42H44ClFN8O6S. The summed E-state index contributed by atoms with van der Waals surface area (Å²) >= 11 is 7.62. The monoisotopic (exact) mass is 842 g/mol. The van der Waals surface area contributed by atoms with E-state index >= 15 is 0 Å². The molecule has 3 aliphatic rings. The van der Waals surface area contributed by atoms with Crippen LogP contribution in [0, 0.1) is 5.82 Å². The smallest absolute Gasteiger partial charge is 0.255 e. The fourth-order valence-electron chi connectivity index (χ4n) is 7.40. The molecule has 5 amide bonds. The number of anilines is 3. The number of fused-ring (bicyclic) bond motifs is 2. The molecule has 2 saturated heterocycles. The number of imide groups is 1. The standard InChI is InChI=1S/C42H44ClFN8O6S/c1-2-37(53)48-33-22-28-32(45-25-46-40(28)47-26-10-11-31(44)30(43)21-26)23-35(33)58-19-6-14-50-15-17-51(18-16-50)39(55)9-3-4-20-59-36-8-5-7-27-29(36)24-52(42(27)57)34-12-13-38(54)49-41(34)56/h2,5,7-8,10-11,21-23,25,34H,1,3-4,6,9,12-20,24H2,(H,48,53)(H,45,46,47)(H,49,54,56). The minimum absolute atomic E-state index is 0.0326. The van der Waals surface area contributed by atoms with Gasteiger partial charge in [-0.3, -0.25) is 34.2 Å². The largest absolute Gasteiger partial charge is 0.491 e. The lowest BCUT2D eigenvalue weighted by Gasteiger charge is -2.34. The number of carbonyl (C=O) groups excluding carboxylic acids is 5. The fourth-order valence-corrected chi connectivity index (χ4v) is 8.67. The predicted molar refractivity (Wildman–Crippen MR) is 223 cm³/mol. The zero-order chi connectivity index (χ0) is 41.5. The average molecular weight is 843 g/mol. The van der Waals surface area contributed by atoms with Gasteiger partial charge in [-0.15, -0.1) is 11.8 Å². The van der Waals surface area contributed by atoms with Crippen molar-refractivity contribution in [2.75, 3.05) is 55.7 Å². The third-order valence-corrected chi connectivity index (χ3v) is 12.0. The summed E-state index contributed by atoms with van der Waals surface area (Å²) in [5, 5.41) is 8.85. The highest BCUT2D eigenvalue weighted by Gasteiger charge is 2.39. The second kappa shape index (κ2) is 19.0. The van der Waals surface area contributed by atoms with E-state index in [2.05, 4.69) is 37.4 Å². The Morgan fingerprint density at radius 1 is 1.05 bits per heavy atom. The Morgan fingerprint density at radius 3 is 2.66 bits per heavy atom. The third kappa shape index (κ3) is 10.0. The van der Waals surface area contributed by atoms with Gasteiger partial charge in [-0.25, -0.2) is 14.4 Å². The van der Waals surface area contributed by atoms with E-state index in [-0.39, 0.29) is 29.2 Å². The Kier molecular flexibility index (Phi) is 13.4. The summed E-state index contributed by atoms with van der Waals surface area (Å²) in [5.74, 6) is -0.0318. The van der Waals surface area contributed by atoms with Gasteiger partial charge < -0.3 is 25.2 Å². The number of aromatic nitrogens is 2. The number of unbranched alkanes of at least 4 members (excludes halogenated alkanes) is 1. The van der Waals surface area contributed by atoms with Gasteiger partial charge in [0.2, 0.25) is 23.6 Å². The normalized spacial score (nSPS) is 16.8. The van der Waals surface area contributed by atoms with Crippen molar-refractivity contribution in [2.24, 2.45) is 0 Å². The van der Waals surface area contributed by atoms with E-state index in [0.717, 1.165) is 48.7 Å². The number of benzene rings is 3. The summed E-state index contributed by atoms with van der Waals surface area (Å²) in [6, 6.07) is 12.7. The van der Waals surface area contributed by atoms with Crippen molar-refractivity contribution in [3.05, 3.63) is 89.5 Å². The van der Waals surface area contributed by atoms with Gasteiger partial charge in [0, 0.05) is 79.7 Å². The molecule has 17 heteroatoms. The van der Waals surface area contributed by atoms with Crippen molar-refractivity contribution in [1.82, 2.24) is 30.0 Å². The zero-order valence-corrected chi connectivity index (χ0v) is 33.9. The number of rotatable bonds is 16. The molecule has 1 unspecified atom stereocenters. The summed E-state index contributed by atoms with van der Waals surface area (Å²) in [4.78, 5) is 78.1. The number of piperidine rings is 1. The number of carbonyl (C=O) groups is 5. The molecule has 0 saturated carbocycles. The maximum atomic E-state index is 13.7. The SMILES string of the molecule is C=CC(=O)Nc1cc2c(Nc3ccc(F)c(Cl)c3)ncnc2cc1OCCCN1CCN(C(=O)CCCCSc2cccc3c2CN(C2CCC(=O)NC2=O)C3=O)CC1. The van der Waals surface area contributed by atoms with E-state index in [1.165, 1.54) is 24.5 Å². The molecule has 0 radical (unpaired) electrons. The van der Waals surface area contributed by atoms with Crippen LogP contribution in [0.3, 0.4) is 0 Å². The van der Waals surface area contributed by atoms with Crippen LogP contribution in [-0.2, 0) is 25.7 Å². The Bertz CT molecular complexity index is 2290. The van der Waals surface area contributed by atoms with Crippen LogP contribution in [0.1, 0.15) is 54.4 Å². The number of piperazine rings is 1. The number of nitrogens with one attached hydrogen (secondary N) is 3. The zero-order valence-electron chi connectivity index (χ0n) is 32.3. The first-order chi connectivity index (χ1) is 28.6. The average Bonchev–Trinajstić information content (AvgIpc) is 3.57. The quantitative estimate of drug-likeness (QED) is 0.0530. The van der Waals surface area contributed by atoms with Crippen LogP contribution in [0.2, 0.25) is 5.02 Å². The molecular weight excluding hydrogens is 799 g/mol. The number of amides is 5. The molecule has 1 atom stereocenters. The molecule has 0 spiro atoms. The van der Waals surface area contributed by atoms with E-state index < -0.39 is 23.7 Å². The van der Waals surface area contributed by atoms with Gasteiger partial charge in [0.15, 0.2) is 0 Å². The van der Waals surface area contributed by atoms with Gasteiger partial charge in [0.25, 0.3) is 5.91 Å². The van der Waals surface area contributed by atoms with Crippen LogP contribution in [0.4, 0.5) is 21.6 Å². The van der Waals surface area contributed by atoms with Crippen molar-refractivity contribution in [2.45, 2.75) is 56.0 Å². The predicted octanol–water partition coefficient (Wildman–Crippen LogP) is 5.93. The minimum atomic E-state index is -0.643. The topological polar surface area (TPSA) is 166 Å². The molecule has 3 aliphatic heterocycles. The van der Waals surface area contributed by atoms with Crippen LogP contribution in [0.25, 0.3) is 10.9 Å². The Balaban J connectivity index is 0.832. The molecule has 4 aromatic rings. The molecule has 3 aromatic carbocycles. The number of hydrogen-bond acceptors (Lipinski definition) is 11. The number of thioether (sulfide) groups is 1. The summed E-state index contributed by atoms with van der Waals surface area (Å²) in [5.41, 5.74) is 3.03. The van der Waals surface area contributed by atoms with Crippen LogP contribution < -0.4 is 20.7 Å². The lowest BCUT2D eigenvalue weighted by atomic mass is 10.0. The number of halogens is 2. The number of nitrogens with zero attached hydrogens (tertiary/aromatic N) is 5. The van der Waals surface area contributed by atoms with E-state index in [1.54, 1.807) is 40.9 Å². The Morgan fingerprint density at radius 2 is 1.88 bits per heavy atom. The van der Waals surface area contributed by atoms with Crippen molar-refractivity contribution < 1.29 is 33.1 Å². The molecule has 14 nitrogen and oxygen atoms in total. The molecule has 1 aromatic heterocycles. The highest BCUT2D eigenvalue weighted by atomic mass is 35.5. The van der Waals surface area contributed by atoms with Gasteiger partial charge in [-0.1, -0.05) is 24.2 Å². The molecule has 2 fully saturated rings. The first kappa shape index (κ1) is 41.6. The maximum Gasteiger partial charge on any atom is 0.255 e. The second-order valence-corrected chi connectivity index (χ2v) is 16.0. The van der Waals surface area contributed by atoms with Gasteiger partial charge >= 0.3 is 0 Å². The van der Waals surface area contributed by atoms with Crippen molar-refractivity contribution in [3.8, 4) is 5.75 Å². The van der Waals surface area contributed by atoms with Gasteiger partial charge in [-0.2, -0.15) is 0 Å². The first-order valence-corrected chi connectivity index (χ1v) is 20.9. The molecule has 59 heavy (non-hydrogen) atoms. The number of hydrogen-bond donors (Lipinski definition) is 3. The second-order valence-electron chi connectivity index (χ2n) is 14.4. The van der Waals surface area contributed by atoms with Crippen molar-refractivity contribution in [1.29, 1.82) is 0 Å². The summed E-state index contributed by atoms with van der Waals surface area (Å²) in [6.45, 7) is 7.89. The van der Waals surface area contributed by atoms with Gasteiger partial charge in [0.05, 0.1) is 22.8 Å². The highest BCUT2D eigenvalue weighted by Crippen LogP contribution is 2.36. The fraction of sp³-hybridized carbons (Fsp3) is 0.357. The molecule has 4 heterocycles. The summed E-state index contributed by atoms with van der Waals surface area (Å²) < 4.78 is 19.9. The van der Waals surface area contributed by atoms with E-state index in [0.29, 0.717) is 84.9 Å². The highest BCUT2D eigenvalue weighted by molar-refractivity contribution is 7.99. The first-order valence-electron chi connectivity index (χ1n) is 19.5. The molecule has 3 N–H and O–H groups in total. The maximum absolute atomic E-state index is 13.7. The number of ether oxygens (including phenoxy) is 1. The Labute approximate surface area is 349 Å². The Hall–Kier alpha value is -5.58. The van der Waals surface area contributed by atoms with Gasteiger partial charge in [-0.05, 0) is 79.5 Å². The third-order valence-electron chi connectivity index (χ3n) is 10.5. The van der Waals surface area contributed by atoms with Crippen LogP contribution >= 0.6 is 23.4 Å². The lowest BCUT2D eigenvalue weighted by Crippen LogP contribution is -2.52.